The molecule has 5 heteroatoms. The van der Waals surface area contributed by atoms with Gasteiger partial charge in [0.05, 0.1) is 11.6 Å². The minimum atomic E-state index is -0.228. The van der Waals surface area contributed by atoms with Crippen LogP contribution in [0.2, 0.25) is 0 Å². The third-order valence-corrected chi connectivity index (χ3v) is 3.24. The number of phenols is 1. The fourth-order valence-electron chi connectivity index (χ4n) is 2.18. The molecule has 3 rings (SSSR count). The first-order valence-electron chi connectivity index (χ1n) is 6.47. The number of phenolic OH excluding ortho intramolecular Hbond substituents is 1. The molecule has 0 aliphatic rings. The highest BCUT2D eigenvalue weighted by atomic mass is 16.3. The van der Waals surface area contributed by atoms with Crippen molar-refractivity contribution in [1.82, 2.24) is 15.0 Å². The van der Waals surface area contributed by atoms with E-state index in [1.54, 1.807) is 18.3 Å². The van der Waals surface area contributed by atoms with E-state index in [-0.39, 0.29) is 11.8 Å². The zero-order chi connectivity index (χ0) is 14.1. The normalized spacial score (nSPS) is 12.7. The van der Waals surface area contributed by atoms with E-state index >= 15 is 0 Å². The second kappa shape index (κ2) is 4.94. The van der Waals surface area contributed by atoms with Gasteiger partial charge < -0.3 is 15.8 Å². The standard InChI is InChI=1S/C15H16N4O/c1-9-6-13-15(17-8-9)19-14(18-13)12(16)7-10-2-4-11(20)5-3-10/h2-6,8,12,20H,7,16H2,1H3,(H,17,18,19). The quantitative estimate of drug-likeness (QED) is 0.679. The molecule has 5 nitrogen and oxygen atoms in total. The van der Waals surface area contributed by atoms with Crippen molar-refractivity contribution < 1.29 is 5.11 Å². The van der Waals surface area contributed by atoms with Crippen LogP contribution >= 0.6 is 0 Å². The molecule has 2 aromatic heterocycles. The molecule has 2 heterocycles. The molecule has 0 aliphatic heterocycles. The van der Waals surface area contributed by atoms with Gasteiger partial charge in [-0.25, -0.2) is 9.97 Å². The first-order valence-corrected chi connectivity index (χ1v) is 6.47. The SMILES string of the molecule is Cc1cnc2nc(C(N)Cc3ccc(O)cc3)[nH]c2c1. The van der Waals surface area contributed by atoms with Crippen molar-refractivity contribution in [3.8, 4) is 5.75 Å². The van der Waals surface area contributed by atoms with Gasteiger partial charge in [0.15, 0.2) is 5.65 Å². The van der Waals surface area contributed by atoms with Crippen molar-refractivity contribution in [2.24, 2.45) is 5.73 Å². The highest BCUT2D eigenvalue weighted by Gasteiger charge is 2.12. The zero-order valence-corrected chi connectivity index (χ0v) is 11.2. The van der Waals surface area contributed by atoms with Gasteiger partial charge in [-0.3, -0.25) is 0 Å². The lowest BCUT2D eigenvalue weighted by Gasteiger charge is -2.08. The van der Waals surface area contributed by atoms with Crippen LogP contribution in [-0.4, -0.2) is 20.1 Å². The molecule has 4 N–H and O–H groups in total. The number of H-pyrrole nitrogens is 1. The maximum Gasteiger partial charge on any atom is 0.177 e. The fraction of sp³-hybridized carbons (Fsp3) is 0.200. The Labute approximate surface area is 116 Å². The van der Waals surface area contributed by atoms with E-state index in [9.17, 15) is 5.11 Å². The Morgan fingerprint density at radius 2 is 2.05 bits per heavy atom. The summed E-state index contributed by atoms with van der Waals surface area (Å²) in [6.07, 6.45) is 2.44. The summed E-state index contributed by atoms with van der Waals surface area (Å²) in [5.41, 5.74) is 9.91. The molecule has 20 heavy (non-hydrogen) atoms. The van der Waals surface area contributed by atoms with Gasteiger partial charge in [-0.1, -0.05) is 12.1 Å². The monoisotopic (exact) mass is 268 g/mol. The number of rotatable bonds is 3. The maximum atomic E-state index is 9.27. The van der Waals surface area contributed by atoms with Crippen molar-refractivity contribution >= 4 is 11.2 Å². The minimum absolute atomic E-state index is 0.228. The van der Waals surface area contributed by atoms with E-state index in [4.69, 9.17) is 5.73 Å². The Balaban J connectivity index is 1.84. The molecule has 0 bridgehead atoms. The zero-order valence-electron chi connectivity index (χ0n) is 11.2. The number of hydrogen-bond acceptors (Lipinski definition) is 4. The summed E-state index contributed by atoms with van der Waals surface area (Å²) in [6.45, 7) is 1.99. The summed E-state index contributed by atoms with van der Waals surface area (Å²) in [5.74, 6) is 0.983. The third-order valence-electron chi connectivity index (χ3n) is 3.24. The van der Waals surface area contributed by atoms with E-state index in [1.807, 2.05) is 25.1 Å². The number of benzene rings is 1. The second-order valence-electron chi connectivity index (χ2n) is 4.98. The molecular formula is C15H16N4O. The van der Waals surface area contributed by atoms with Crippen molar-refractivity contribution in [2.45, 2.75) is 19.4 Å². The van der Waals surface area contributed by atoms with E-state index in [2.05, 4.69) is 15.0 Å². The molecule has 3 aromatic rings. The molecule has 102 valence electrons. The molecule has 1 aromatic carbocycles. The molecule has 0 radical (unpaired) electrons. The Kier molecular flexibility index (Phi) is 3.12. The van der Waals surface area contributed by atoms with Gasteiger partial charge in [0.2, 0.25) is 0 Å². The molecule has 0 fully saturated rings. The molecule has 0 spiro atoms. The predicted octanol–water partition coefficient (Wildman–Crippen LogP) is 2.21. The number of nitrogens with one attached hydrogen (secondary N) is 1. The van der Waals surface area contributed by atoms with Crippen molar-refractivity contribution in [2.75, 3.05) is 0 Å². The molecule has 0 amide bonds. The van der Waals surface area contributed by atoms with E-state index < -0.39 is 0 Å². The maximum absolute atomic E-state index is 9.27. The number of aryl methyl sites for hydroxylation is 1. The number of aromatic amines is 1. The first kappa shape index (κ1) is 12.6. The van der Waals surface area contributed by atoms with Crippen LogP contribution in [0.4, 0.5) is 0 Å². The minimum Gasteiger partial charge on any atom is -0.508 e. The lowest BCUT2D eigenvalue weighted by atomic mass is 10.1. The largest absolute Gasteiger partial charge is 0.508 e. The third kappa shape index (κ3) is 2.48. The predicted molar refractivity (Wildman–Crippen MR) is 77.4 cm³/mol. The Bertz CT molecular complexity index is 733. The lowest BCUT2D eigenvalue weighted by Crippen LogP contribution is -2.14. The Morgan fingerprint density at radius 1 is 1.30 bits per heavy atom. The summed E-state index contributed by atoms with van der Waals surface area (Å²) < 4.78 is 0. The number of fused-ring (bicyclic) bond motifs is 1. The van der Waals surface area contributed by atoms with Crippen LogP contribution in [0.5, 0.6) is 5.75 Å². The molecule has 0 aliphatic carbocycles. The number of nitrogens with two attached hydrogens (primary N) is 1. The highest BCUT2D eigenvalue weighted by Crippen LogP contribution is 2.18. The van der Waals surface area contributed by atoms with Gasteiger partial charge in [-0.05, 0) is 42.7 Å². The van der Waals surface area contributed by atoms with Crippen molar-refractivity contribution in [3.05, 3.63) is 53.5 Å². The number of nitrogens with zero attached hydrogens (tertiary/aromatic N) is 2. The van der Waals surface area contributed by atoms with Crippen LogP contribution in [-0.2, 0) is 6.42 Å². The number of hydrogen-bond donors (Lipinski definition) is 3. The van der Waals surface area contributed by atoms with Gasteiger partial charge in [0, 0.05) is 6.20 Å². The van der Waals surface area contributed by atoms with Gasteiger partial charge in [-0.2, -0.15) is 0 Å². The average Bonchev–Trinajstić information content (AvgIpc) is 2.84. The molecule has 0 saturated heterocycles. The summed E-state index contributed by atoms with van der Waals surface area (Å²) in [4.78, 5) is 11.9. The smallest absolute Gasteiger partial charge is 0.177 e. The van der Waals surface area contributed by atoms with E-state index in [0.717, 1.165) is 22.5 Å². The molecule has 1 atom stereocenters. The first-order chi connectivity index (χ1) is 9.61. The van der Waals surface area contributed by atoms with Gasteiger partial charge in [0.25, 0.3) is 0 Å². The topological polar surface area (TPSA) is 87.8 Å². The lowest BCUT2D eigenvalue weighted by molar-refractivity contribution is 0.475. The fourth-order valence-corrected chi connectivity index (χ4v) is 2.18. The number of aromatic hydroxyl groups is 1. The van der Waals surface area contributed by atoms with Crippen molar-refractivity contribution in [1.29, 1.82) is 0 Å². The van der Waals surface area contributed by atoms with Crippen LogP contribution in [0.3, 0.4) is 0 Å². The van der Waals surface area contributed by atoms with Crippen LogP contribution in [0.15, 0.2) is 36.5 Å². The summed E-state index contributed by atoms with van der Waals surface area (Å²) in [6, 6.07) is 8.82. The summed E-state index contributed by atoms with van der Waals surface area (Å²) in [7, 11) is 0. The number of pyridine rings is 1. The number of imidazole rings is 1. The summed E-state index contributed by atoms with van der Waals surface area (Å²) in [5, 5.41) is 9.27. The number of aromatic nitrogens is 3. The highest BCUT2D eigenvalue weighted by molar-refractivity contribution is 5.71. The van der Waals surface area contributed by atoms with Crippen LogP contribution in [0, 0.1) is 6.92 Å². The average molecular weight is 268 g/mol. The Hall–Kier alpha value is -2.40. The van der Waals surface area contributed by atoms with Crippen molar-refractivity contribution in [3.63, 3.8) is 0 Å². The summed E-state index contributed by atoms with van der Waals surface area (Å²) >= 11 is 0. The van der Waals surface area contributed by atoms with Crippen LogP contribution in [0.1, 0.15) is 23.0 Å². The molecule has 0 saturated carbocycles. The van der Waals surface area contributed by atoms with E-state index in [0.29, 0.717) is 12.1 Å². The van der Waals surface area contributed by atoms with E-state index in [1.165, 1.54) is 0 Å². The van der Waals surface area contributed by atoms with Crippen LogP contribution < -0.4 is 5.73 Å². The van der Waals surface area contributed by atoms with Gasteiger partial charge in [0.1, 0.15) is 11.6 Å². The van der Waals surface area contributed by atoms with Crippen LogP contribution in [0.25, 0.3) is 11.2 Å². The van der Waals surface area contributed by atoms with Gasteiger partial charge >= 0.3 is 0 Å². The second-order valence-corrected chi connectivity index (χ2v) is 4.98. The molecular weight excluding hydrogens is 252 g/mol. The Morgan fingerprint density at radius 3 is 2.80 bits per heavy atom. The van der Waals surface area contributed by atoms with Gasteiger partial charge in [-0.15, -0.1) is 0 Å². The molecule has 1 unspecified atom stereocenters.